The van der Waals surface area contributed by atoms with Crippen LogP contribution in [0.15, 0.2) is 48.0 Å². The van der Waals surface area contributed by atoms with Crippen molar-refractivity contribution in [2.75, 3.05) is 33.8 Å². The number of aliphatic hydroxyl groups excluding tert-OH is 1. The highest BCUT2D eigenvalue weighted by Crippen LogP contribution is 2.40. The van der Waals surface area contributed by atoms with Crippen molar-refractivity contribution < 1.29 is 19.4 Å². The van der Waals surface area contributed by atoms with Gasteiger partial charge in [-0.2, -0.15) is 0 Å². The standard InChI is InChI=1S/C29H38N2O4/c1-8-35-23-15-12-21(18-19(23)2)26(32)24-25(20-10-13-22(14-11-20)29(3,4)5)31(28(34)27(24)33)17-9-16-30(6)7/h10-15,18,25,32H,8-9,16-17H2,1-7H3/b26-24-. The highest BCUT2D eigenvalue weighted by Gasteiger charge is 2.45. The molecule has 35 heavy (non-hydrogen) atoms. The molecular weight excluding hydrogens is 440 g/mol. The fraction of sp³-hybridized carbons (Fsp3) is 0.448. The SMILES string of the molecule is CCOc1ccc(/C(O)=C2/C(=O)C(=O)N(CCCN(C)C)C2c2ccc(C(C)(C)C)cc2)cc1C. The summed E-state index contributed by atoms with van der Waals surface area (Å²) in [5, 5.41) is 11.3. The topological polar surface area (TPSA) is 70.1 Å². The van der Waals surface area contributed by atoms with Gasteiger partial charge in [-0.05, 0) is 81.2 Å². The van der Waals surface area contributed by atoms with Gasteiger partial charge in [-0.3, -0.25) is 9.59 Å². The lowest BCUT2D eigenvalue weighted by Gasteiger charge is -2.27. The number of rotatable bonds is 8. The Hall–Kier alpha value is -3.12. The molecule has 6 heteroatoms. The number of ketones is 1. The average molecular weight is 479 g/mol. The van der Waals surface area contributed by atoms with E-state index in [9.17, 15) is 14.7 Å². The minimum atomic E-state index is -0.649. The molecule has 2 aromatic carbocycles. The second kappa shape index (κ2) is 10.6. The summed E-state index contributed by atoms with van der Waals surface area (Å²) in [5.41, 5.74) is 3.42. The number of benzene rings is 2. The normalized spacial score (nSPS) is 17.9. The van der Waals surface area contributed by atoms with E-state index in [4.69, 9.17) is 4.74 Å². The molecule has 2 aromatic rings. The number of likely N-dealkylation sites (tertiary alicyclic amines) is 1. The van der Waals surface area contributed by atoms with Crippen molar-refractivity contribution in [1.82, 2.24) is 9.80 Å². The zero-order valence-electron chi connectivity index (χ0n) is 22.0. The van der Waals surface area contributed by atoms with Crippen LogP contribution >= 0.6 is 0 Å². The van der Waals surface area contributed by atoms with Crippen molar-refractivity contribution in [2.45, 2.75) is 52.5 Å². The van der Waals surface area contributed by atoms with Crippen molar-refractivity contribution in [3.8, 4) is 5.75 Å². The zero-order chi connectivity index (χ0) is 25.9. The summed E-state index contributed by atoms with van der Waals surface area (Å²) >= 11 is 0. The van der Waals surface area contributed by atoms with E-state index in [1.54, 1.807) is 23.1 Å². The molecule has 1 saturated heterocycles. The molecule has 0 aromatic heterocycles. The van der Waals surface area contributed by atoms with Crippen LogP contribution in [0, 0.1) is 6.92 Å². The summed E-state index contributed by atoms with van der Waals surface area (Å²) in [5.74, 6) is -0.654. The maximum atomic E-state index is 13.2. The molecule has 1 aliphatic heterocycles. The molecule has 0 saturated carbocycles. The van der Waals surface area contributed by atoms with Gasteiger partial charge in [0.2, 0.25) is 0 Å². The number of ether oxygens (including phenoxy) is 1. The lowest BCUT2D eigenvalue weighted by Crippen LogP contribution is -2.32. The predicted octanol–water partition coefficient (Wildman–Crippen LogP) is 5.06. The molecular formula is C29H38N2O4. The molecule has 188 valence electrons. The van der Waals surface area contributed by atoms with Crippen molar-refractivity contribution in [3.05, 3.63) is 70.3 Å². The number of aliphatic hydroxyl groups is 1. The molecule has 0 bridgehead atoms. The average Bonchev–Trinajstić information content (AvgIpc) is 3.04. The fourth-order valence-corrected chi connectivity index (χ4v) is 4.45. The van der Waals surface area contributed by atoms with E-state index in [-0.39, 0.29) is 16.7 Å². The Bertz CT molecular complexity index is 1110. The molecule has 0 aliphatic carbocycles. The van der Waals surface area contributed by atoms with Gasteiger partial charge < -0.3 is 19.6 Å². The Morgan fingerprint density at radius 2 is 1.74 bits per heavy atom. The van der Waals surface area contributed by atoms with Gasteiger partial charge in [0.15, 0.2) is 0 Å². The summed E-state index contributed by atoms with van der Waals surface area (Å²) in [6.45, 7) is 12.0. The largest absolute Gasteiger partial charge is 0.507 e. The van der Waals surface area contributed by atoms with Gasteiger partial charge in [-0.25, -0.2) is 0 Å². The van der Waals surface area contributed by atoms with Crippen LogP contribution in [-0.2, 0) is 15.0 Å². The van der Waals surface area contributed by atoms with Crippen LogP contribution < -0.4 is 4.74 Å². The third-order valence-corrected chi connectivity index (χ3v) is 6.38. The molecule has 1 N–H and O–H groups in total. The molecule has 6 nitrogen and oxygen atoms in total. The quantitative estimate of drug-likeness (QED) is 0.326. The van der Waals surface area contributed by atoms with E-state index in [0.29, 0.717) is 18.7 Å². The lowest BCUT2D eigenvalue weighted by atomic mass is 9.85. The molecule has 1 unspecified atom stereocenters. The second-order valence-corrected chi connectivity index (χ2v) is 10.4. The van der Waals surface area contributed by atoms with Gasteiger partial charge >= 0.3 is 0 Å². The number of nitrogens with zero attached hydrogens (tertiary/aromatic N) is 2. The van der Waals surface area contributed by atoms with Crippen LogP contribution in [0.4, 0.5) is 0 Å². The number of hydrogen-bond donors (Lipinski definition) is 1. The summed E-state index contributed by atoms with van der Waals surface area (Å²) in [6, 6.07) is 12.7. The third kappa shape index (κ3) is 5.76. The number of Topliss-reactive ketones (excluding diaryl/α,β-unsaturated/α-hetero) is 1. The Balaban J connectivity index is 2.10. The number of amides is 1. The Morgan fingerprint density at radius 1 is 1.09 bits per heavy atom. The van der Waals surface area contributed by atoms with Gasteiger partial charge in [-0.15, -0.1) is 0 Å². The van der Waals surface area contributed by atoms with Gasteiger partial charge in [-0.1, -0.05) is 45.0 Å². The maximum absolute atomic E-state index is 13.2. The minimum Gasteiger partial charge on any atom is -0.507 e. The van der Waals surface area contributed by atoms with E-state index in [2.05, 4.69) is 20.8 Å². The molecule has 1 aliphatic rings. The van der Waals surface area contributed by atoms with Crippen molar-refractivity contribution >= 4 is 17.4 Å². The fourth-order valence-electron chi connectivity index (χ4n) is 4.45. The number of carbonyl (C=O) groups is 2. The maximum Gasteiger partial charge on any atom is 0.295 e. The molecule has 1 amide bonds. The van der Waals surface area contributed by atoms with E-state index in [0.717, 1.165) is 35.4 Å². The highest BCUT2D eigenvalue weighted by atomic mass is 16.5. The predicted molar refractivity (Wildman–Crippen MR) is 140 cm³/mol. The van der Waals surface area contributed by atoms with E-state index >= 15 is 0 Å². The summed E-state index contributed by atoms with van der Waals surface area (Å²) in [7, 11) is 3.95. The van der Waals surface area contributed by atoms with Crippen molar-refractivity contribution in [3.63, 3.8) is 0 Å². The first-order chi connectivity index (χ1) is 16.5. The van der Waals surface area contributed by atoms with Crippen LogP contribution in [0.2, 0.25) is 0 Å². The van der Waals surface area contributed by atoms with Crippen LogP contribution in [0.3, 0.4) is 0 Å². The molecule has 3 rings (SSSR count). The second-order valence-electron chi connectivity index (χ2n) is 10.4. The molecule has 1 fully saturated rings. The van der Waals surface area contributed by atoms with Gasteiger partial charge in [0, 0.05) is 12.1 Å². The monoisotopic (exact) mass is 478 g/mol. The van der Waals surface area contributed by atoms with Gasteiger partial charge in [0.05, 0.1) is 18.2 Å². The smallest absolute Gasteiger partial charge is 0.295 e. The first kappa shape index (κ1) is 26.5. The molecule has 1 atom stereocenters. The number of carbonyl (C=O) groups excluding carboxylic acids is 2. The van der Waals surface area contributed by atoms with Gasteiger partial charge in [0.1, 0.15) is 11.5 Å². The van der Waals surface area contributed by atoms with Crippen molar-refractivity contribution in [1.29, 1.82) is 0 Å². The Labute approximate surface area is 209 Å². The van der Waals surface area contributed by atoms with E-state index in [1.165, 1.54) is 0 Å². The third-order valence-electron chi connectivity index (χ3n) is 6.38. The number of hydrogen-bond acceptors (Lipinski definition) is 5. The lowest BCUT2D eigenvalue weighted by molar-refractivity contribution is -0.139. The summed E-state index contributed by atoms with van der Waals surface area (Å²) in [6.07, 6.45) is 0.721. The van der Waals surface area contributed by atoms with Crippen molar-refractivity contribution in [2.24, 2.45) is 0 Å². The summed E-state index contributed by atoms with van der Waals surface area (Å²) < 4.78 is 5.61. The van der Waals surface area contributed by atoms with Gasteiger partial charge in [0.25, 0.3) is 11.7 Å². The zero-order valence-corrected chi connectivity index (χ0v) is 22.0. The van der Waals surface area contributed by atoms with Crippen LogP contribution in [0.25, 0.3) is 5.76 Å². The number of aryl methyl sites for hydroxylation is 1. The summed E-state index contributed by atoms with van der Waals surface area (Å²) in [4.78, 5) is 30.0. The van der Waals surface area contributed by atoms with Crippen LogP contribution in [0.1, 0.15) is 62.4 Å². The molecule has 1 heterocycles. The van der Waals surface area contributed by atoms with Crippen LogP contribution in [-0.4, -0.2) is 60.4 Å². The van der Waals surface area contributed by atoms with Crippen LogP contribution in [0.5, 0.6) is 5.75 Å². The highest BCUT2D eigenvalue weighted by molar-refractivity contribution is 6.46. The molecule has 0 radical (unpaired) electrons. The minimum absolute atomic E-state index is 0.0219. The van der Waals surface area contributed by atoms with E-state index in [1.807, 2.05) is 57.1 Å². The Kier molecular flexibility index (Phi) is 8.06. The first-order valence-corrected chi connectivity index (χ1v) is 12.2. The first-order valence-electron chi connectivity index (χ1n) is 12.2. The molecule has 0 spiro atoms. The Morgan fingerprint density at radius 3 is 2.29 bits per heavy atom. The van der Waals surface area contributed by atoms with E-state index < -0.39 is 17.7 Å².